The summed E-state index contributed by atoms with van der Waals surface area (Å²) in [6, 6.07) is 0. The molecule has 0 amide bonds. The molecule has 0 aromatic rings. The van der Waals surface area contributed by atoms with Crippen molar-refractivity contribution in [2.45, 2.75) is 0 Å². The van der Waals surface area contributed by atoms with Gasteiger partial charge in [0.25, 0.3) is 0 Å². The van der Waals surface area contributed by atoms with Gasteiger partial charge in [-0.25, -0.2) is 0 Å². The average molecular weight is 169 g/mol. The molecule has 0 aromatic heterocycles. The molecule has 0 spiro atoms. The molecule has 0 atom stereocenters. The molecule has 0 aromatic carbocycles. The number of hydrogen-bond donors (Lipinski definition) is 0. The first-order valence-electron chi connectivity index (χ1n) is 0.129. The predicted octanol–water partition coefficient (Wildman–Crippen LogP) is -1.77. The maximum atomic E-state index is 7.88. The Labute approximate surface area is 47.2 Å². The Morgan fingerprint density at radius 2 is 1.00 bits per heavy atom. The molecule has 0 bridgehead atoms. The van der Waals surface area contributed by atoms with E-state index in [0.717, 1.165) is 0 Å². The molecule has 0 heterocycles. The van der Waals surface area contributed by atoms with Crippen LogP contribution in [0.5, 0.6) is 0 Å². The molecule has 0 unspecified atom stereocenters. The first kappa shape index (κ1) is 43.4. The molecule has 0 fully saturated rings. The molecule has 0 rings (SSSR count). The molecule has 3 nitrogen and oxygen atoms in total. The van der Waals surface area contributed by atoms with Gasteiger partial charge in [0, 0.05) is 16.5 Å². The van der Waals surface area contributed by atoms with E-state index in [9.17, 15) is 0 Å². The Morgan fingerprint density at radius 3 is 1.00 bits per heavy atom. The van der Waals surface area contributed by atoms with Crippen LogP contribution in [0.15, 0.2) is 0 Å². The molecule has 0 saturated heterocycles. The van der Waals surface area contributed by atoms with Crippen LogP contribution in [-0.4, -0.2) is 11.0 Å². The van der Waals surface area contributed by atoms with E-state index in [0.29, 0.717) is 0 Å². The van der Waals surface area contributed by atoms with Crippen molar-refractivity contribution in [1.82, 2.24) is 0 Å². The van der Waals surface area contributed by atoms with Gasteiger partial charge in [0.05, 0.1) is 0 Å². The van der Waals surface area contributed by atoms with Gasteiger partial charge < -0.3 is 11.0 Å². The van der Waals surface area contributed by atoms with E-state index in [1.165, 1.54) is 0 Å². The van der Waals surface area contributed by atoms with Crippen molar-refractivity contribution in [2.75, 3.05) is 0 Å². The fraction of sp³-hybridized carbons (Fsp3) is 0. The van der Waals surface area contributed by atoms with E-state index in [1.54, 1.807) is 0 Å². The molecule has 0 aliphatic carbocycles. The third-order valence-electron chi connectivity index (χ3n) is 0. The molecule has 42 valence electrons. The van der Waals surface area contributed by atoms with Crippen LogP contribution in [0.25, 0.3) is 0 Å². The quantitative estimate of drug-likeness (QED) is 0.395. The van der Waals surface area contributed by atoms with E-state index in [2.05, 4.69) is 15.4 Å². The van der Waals surface area contributed by atoms with Crippen molar-refractivity contribution in [1.29, 1.82) is 0 Å². The van der Waals surface area contributed by atoms with Gasteiger partial charge in [-0.3, -0.25) is 0 Å². The Morgan fingerprint density at radius 1 is 1.00 bits per heavy atom. The van der Waals surface area contributed by atoms with Crippen molar-refractivity contribution in [3.63, 3.8) is 0 Å². The topological polar surface area (TPSA) is 80.1 Å². The van der Waals surface area contributed by atoms with E-state index in [-0.39, 0.29) is 27.4 Å². The van der Waals surface area contributed by atoms with Gasteiger partial charge in [0.15, 0.2) is 0 Å². The van der Waals surface area contributed by atoms with Gasteiger partial charge >= 0.3 is 19.3 Å². The summed E-state index contributed by atoms with van der Waals surface area (Å²) in [5.74, 6) is 0. The van der Waals surface area contributed by atoms with Crippen molar-refractivity contribution in [2.24, 2.45) is 0 Å². The first-order chi connectivity index (χ1) is 1.00. The fourth-order valence-corrected chi connectivity index (χ4v) is 0. The summed E-state index contributed by atoms with van der Waals surface area (Å²) >= 11 is 2.62. The van der Waals surface area contributed by atoms with E-state index >= 15 is 0 Å². The minimum atomic E-state index is 0. The zero-order valence-corrected chi connectivity index (χ0v) is 4.02. The molecule has 0 aliphatic heterocycles. The van der Waals surface area contributed by atoms with Gasteiger partial charge in [0.1, 0.15) is 0 Å². The molecule has 4 N–H and O–H groups in total. The molecule has 0 aliphatic rings. The van der Waals surface area contributed by atoms with E-state index in [1.807, 2.05) is 0 Å². The van der Waals surface area contributed by atoms with Gasteiger partial charge in [-0.1, -0.05) is 0 Å². The van der Waals surface area contributed by atoms with Crippen LogP contribution in [0, 0.1) is 0 Å². The SMILES string of the molecule is O.O.[Ni].[O]=[Ni]. The van der Waals surface area contributed by atoms with E-state index < -0.39 is 0 Å². The maximum absolute atomic E-state index is 7.88. The summed E-state index contributed by atoms with van der Waals surface area (Å²) in [6.45, 7) is 0. The number of rotatable bonds is 0. The summed E-state index contributed by atoms with van der Waals surface area (Å²) in [6.07, 6.45) is 0. The molecule has 5 heavy (non-hydrogen) atoms. The summed E-state index contributed by atoms with van der Waals surface area (Å²) in [7, 11) is 0. The van der Waals surface area contributed by atoms with Gasteiger partial charge in [0.2, 0.25) is 0 Å². The zero-order valence-electron chi connectivity index (χ0n) is 2.04. The number of hydrogen-bond acceptors (Lipinski definition) is 1. The third-order valence-corrected chi connectivity index (χ3v) is 0. The van der Waals surface area contributed by atoms with Crippen LogP contribution in [0.4, 0.5) is 0 Å². The predicted molar refractivity (Wildman–Crippen MR) is 7.91 cm³/mol. The monoisotopic (exact) mass is 168 g/mol. The third kappa shape index (κ3) is 69.0. The van der Waals surface area contributed by atoms with Crippen LogP contribution in [0.3, 0.4) is 0 Å². The Balaban J connectivity index is -0.00000000167. The standard InChI is InChI=1S/2Ni.2H2O.O/h;;2*1H2;. The molecule has 0 radical (unpaired) electrons. The summed E-state index contributed by atoms with van der Waals surface area (Å²) in [5.41, 5.74) is 0. The van der Waals surface area contributed by atoms with Gasteiger partial charge in [-0.2, -0.15) is 0 Å². The molecule has 0 saturated carbocycles. The summed E-state index contributed by atoms with van der Waals surface area (Å²) < 4.78 is 7.88. The van der Waals surface area contributed by atoms with E-state index in [4.69, 9.17) is 3.90 Å². The van der Waals surface area contributed by atoms with Crippen LogP contribution in [0.1, 0.15) is 0 Å². The summed E-state index contributed by atoms with van der Waals surface area (Å²) in [4.78, 5) is 0. The fourth-order valence-electron chi connectivity index (χ4n) is 0. The van der Waals surface area contributed by atoms with Crippen molar-refractivity contribution in [3.8, 4) is 0 Å². The Hall–Kier alpha value is 0.707. The van der Waals surface area contributed by atoms with Crippen molar-refractivity contribution < 1.29 is 46.7 Å². The molecular weight excluding hydrogens is 165 g/mol. The van der Waals surface area contributed by atoms with Crippen molar-refractivity contribution in [3.05, 3.63) is 0 Å². The van der Waals surface area contributed by atoms with Crippen molar-refractivity contribution >= 4 is 0 Å². The normalized spacial score (nSPS) is 1.20. The summed E-state index contributed by atoms with van der Waals surface area (Å²) in [5, 5.41) is 0. The first-order valence-corrected chi connectivity index (χ1v) is 0.532. The Bertz CT molecular complexity index is 4.85. The zero-order chi connectivity index (χ0) is 2.00. The second-order valence-corrected chi connectivity index (χ2v) is 0. The second kappa shape index (κ2) is 129. The van der Waals surface area contributed by atoms with Gasteiger partial charge in [-0.15, -0.1) is 0 Å². The van der Waals surface area contributed by atoms with Crippen LogP contribution >= 0.6 is 0 Å². The van der Waals surface area contributed by atoms with Crippen LogP contribution in [-0.2, 0) is 35.8 Å². The average Bonchev–Trinajstić information content (AvgIpc) is 1.00. The van der Waals surface area contributed by atoms with Crippen LogP contribution < -0.4 is 0 Å². The second-order valence-electron chi connectivity index (χ2n) is 0. The molecular formula is H4Ni2O3. The Kier molecular flexibility index (Phi) is 1120. The molecule has 5 heteroatoms. The minimum absolute atomic E-state index is 0. The van der Waals surface area contributed by atoms with Crippen LogP contribution in [0.2, 0.25) is 0 Å². The van der Waals surface area contributed by atoms with Gasteiger partial charge in [-0.05, 0) is 0 Å².